The third-order valence-electron chi connectivity index (χ3n) is 4.18. The second kappa shape index (κ2) is 7.85. The molecule has 24 heavy (non-hydrogen) atoms. The van der Waals surface area contributed by atoms with Gasteiger partial charge in [0.25, 0.3) is 0 Å². The number of nitrogens with one attached hydrogen (secondary N) is 1. The predicted molar refractivity (Wildman–Crippen MR) is 84.8 cm³/mol. The number of urea groups is 1. The summed E-state index contributed by atoms with van der Waals surface area (Å²) < 4.78 is 43.3. The van der Waals surface area contributed by atoms with E-state index in [-0.39, 0.29) is 32.2 Å². The SMILES string of the molecule is COCc1ccccc1NC(=O)N1CCN([C@H](C)C(F)(F)F)CC1. The van der Waals surface area contributed by atoms with E-state index in [2.05, 4.69) is 5.32 Å². The van der Waals surface area contributed by atoms with Gasteiger partial charge in [-0.15, -0.1) is 0 Å². The smallest absolute Gasteiger partial charge is 0.380 e. The van der Waals surface area contributed by atoms with Crippen LogP contribution in [-0.4, -0.2) is 61.3 Å². The van der Waals surface area contributed by atoms with Crippen molar-refractivity contribution in [3.05, 3.63) is 29.8 Å². The first kappa shape index (κ1) is 18.5. The Morgan fingerprint density at radius 2 is 1.88 bits per heavy atom. The van der Waals surface area contributed by atoms with Gasteiger partial charge in [-0.3, -0.25) is 4.90 Å². The number of alkyl halides is 3. The molecule has 134 valence electrons. The van der Waals surface area contributed by atoms with Crippen LogP contribution in [0.2, 0.25) is 0 Å². The van der Waals surface area contributed by atoms with E-state index in [0.29, 0.717) is 12.3 Å². The average Bonchev–Trinajstić information content (AvgIpc) is 2.55. The molecule has 0 saturated carbocycles. The van der Waals surface area contributed by atoms with Crippen LogP contribution >= 0.6 is 0 Å². The summed E-state index contributed by atoms with van der Waals surface area (Å²) in [7, 11) is 1.57. The van der Waals surface area contributed by atoms with E-state index in [1.807, 2.05) is 12.1 Å². The third-order valence-corrected chi connectivity index (χ3v) is 4.18. The summed E-state index contributed by atoms with van der Waals surface area (Å²) in [6.45, 7) is 2.45. The molecule has 1 aromatic rings. The fraction of sp³-hybridized carbons (Fsp3) is 0.562. The van der Waals surface area contributed by atoms with Crippen molar-refractivity contribution in [3.63, 3.8) is 0 Å². The highest BCUT2D eigenvalue weighted by Gasteiger charge is 2.41. The minimum atomic E-state index is -4.25. The number of hydrogen-bond acceptors (Lipinski definition) is 3. The second-order valence-electron chi connectivity index (χ2n) is 5.76. The Kier molecular flexibility index (Phi) is 6.06. The first-order chi connectivity index (χ1) is 11.3. The molecule has 5 nitrogen and oxygen atoms in total. The normalized spacial score (nSPS) is 17.6. The molecular weight excluding hydrogens is 323 g/mol. The predicted octanol–water partition coefficient (Wildman–Crippen LogP) is 2.93. The highest BCUT2D eigenvalue weighted by molar-refractivity contribution is 5.90. The zero-order valence-electron chi connectivity index (χ0n) is 13.8. The molecule has 1 fully saturated rings. The van der Waals surface area contributed by atoms with Gasteiger partial charge in [0.15, 0.2) is 0 Å². The van der Waals surface area contributed by atoms with Crippen LogP contribution in [0.4, 0.5) is 23.7 Å². The van der Waals surface area contributed by atoms with E-state index in [4.69, 9.17) is 4.74 Å². The van der Waals surface area contributed by atoms with Gasteiger partial charge in [0, 0.05) is 44.5 Å². The van der Waals surface area contributed by atoms with Crippen molar-refractivity contribution in [1.82, 2.24) is 9.80 Å². The first-order valence-electron chi connectivity index (χ1n) is 7.76. The van der Waals surface area contributed by atoms with Crippen molar-refractivity contribution in [2.45, 2.75) is 25.7 Å². The van der Waals surface area contributed by atoms with Crippen LogP contribution in [0.15, 0.2) is 24.3 Å². The van der Waals surface area contributed by atoms with Crippen LogP contribution in [0.3, 0.4) is 0 Å². The van der Waals surface area contributed by atoms with E-state index in [9.17, 15) is 18.0 Å². The van der Waals surface area contributed by atoms with E-state index in [1.54, 1.807) is 19.2 Å². The summed E-state index contributed by atoms with van der Waals surface area (Å²) in [5.74, 6) is 0. The van der Waals surface area contributed by atoms with Gasteiger partial charge in [0.1, 0.15) is 6.04 Å². The maximum absolute atomic E-state index is 12.7. The maximum Gasteiger partial charge on any atom is 0.403 e. The van der Waals surface area contributed by atoms with Crippen molar-refractivity contribution >= 4 is 11.7 Å². The fourth-order valence-corrected chi connectivity index (χ4v) is 2.64. The van der Waals surface area contributed by atoms with Gasteiger partial charge in [-0.2, -0.15) is 13.2 Å². The second-order valence-corrected chi connectivity index (χ2v) is 5.76. The summed E-state index contributed by atoms with van der Waals surface area (Å²) >= 11 is 0. The lowest BCUT2D eigenvalue weighted by atomic mass is 10.2. The number of benzene rings is 1. The highest BCUT2D eigenvalue weighted by atomic mass is 19.4. The number of ether oxygens (including phenoxy) is 1. The number of nitrogens with zero attached hydrogens (tertiary/aromatic N) is 2. The summed E-state index contributed by atoms with van der Waals surface area (Å²) in [4.78, 5) is 15.2. The van der Waals surface area contributed by atoms with Crippen LogP contribution < -0.4 is 5.32 Å². The Balaban J connectivity index is 1.92. The molecule has 0 aromatic heterocycles. The lowest BCUT2D eigenvalue weighted by Gasteiger charge is -2.38. The minimum absolute atomic E-state index is 0.202. The Bertz CT molecular complexity index is 558. The number of amides is 2. The van der Waals surface area contributed by atoms with Crippen LogP contribution in [0, 0.1) is 0 Å². The third kappa shape index (κ3) is 4.61. The molecule has 1 atom stereocenters. The number of carbonyl (C=O) groups excluding carboxylic acids is 1. The number of carbonyl (C=O) groups is 1. The van der Waals surface area contributed by atoms with Crippen LogP contribution in [0.1, 0.15) is 12.5 Å². The summed E-state index contributed by atoms with van der Waals surface area (Å²) in [5.41, 5.74) is 1.49. The van der Waals surface area contributed by atoms with Gasteiger partial charge in [-0.05, 0) is 13.0 Å². The Morgan fingerprint density at radius 1 is 1.25 bits per heavy atom. The molecule has 0 bridgehead atoms. The molecule has 1 heterocycles. The van der Waals surface area contributed by atoms with Crippen LogP contribution in [-0.2, 0) is 11.3 Å². The number of piperazine rings is 1. The van der Waals surface area contributed by atoms with Crippen molar-refractivity contribution < 1.29 is 22.7 Å². The largest absolute Gasteiger partial charge is 0.403 e. The number of para-hydroxylation sites is 1. The van der Waals surface area contributed by atoms with E-state index >= 15 is 0 Å². The first-order valence-corrected chi connectivity index (χ1v) is 7.76. The molecule has 1 aromatic carbocycles. The van der Waals surface area contributed by atoms with Crippen molar-refractivity contribution in [1.29, 1.82) is 0 Å². The topological polar surface area (TPSA) is 44.8 Å². The minimum Gasteiger partial charge on any atom is -0.380 e. The average molecular weight is 345 g/mol. The lowest BCUT2D eigenvalue weighted by molar-refractivity contribution is -0.181. The van der Waals surface area contributed by atoms with Gasteiger partial charge in [0.2, 0.25) is 0 Å². The molecule has 0 unspecified atom stereocenters. The molecule has 0 aliphatic carbocycles. The summed E-state index contributed by atoms with van der Waals surface area (Å²) in [6.07, 6.45) is -4.25. The van der Waals surface area contributed by atoms with E-state index in [1.165, 1.54) is 9.80 Å². The maximum atomic E-state index is 12.7. The number of hydrogen-bond donors (Lipinski definition) is 1. The van der Waals surface area contributed by atoms with Crippen LogP contribution in [0.5, 0.6) is 0 Å². The zero-order valence-corrected chi connectivity index (χ0v) is 13.8. The molecule has 2 amide bonds. The number of rotatable bonds is 4. The molecule has 1 N–H and O–H groups in total. The lowest BCUT2D eigenvalue weighted by Crippen LogP contribution is -2.55. The molecule has 1 aliphatic rings. The zero-order chi connectivity index (χ0) is 17.7. The van der Waals surface area contributed by atoms with Gasteiger partial charge < -0.3 is 15.0 Å². The van der Waals surface area contributed by atoms with Gasteiger partial charge >= 0.3 is 12.2 Å². The number of anilines is 1. The molecule has 1 aliphatic heterocycles. The molecule has 8 heteroatoms. The molecule has 1 saturated heterocycles. The van der Waals surface area contributed by atoms with E-state index < -0.39 is 12.2 Å². The summed E-state index contributed by atoms with van der Waals surface area (Å²) in [6, 6.07) is 5.47. The van der Waals surface area contributed by atoms with Crippen molar-refractivity contribution in [2.24, 2.45) is 0 Å². The molecule has 0 spiro atoms. The fourth-order valence-electron chi connectivity index (χ4n) is 2.64. The molecule has 2 rings (SSSR count). The van der Waals surface area contributed by atoms with Gasteiger partial charge in [0.05, 0.1) is 6.61 Å². The quantitative estimate of drug-likeness (QED) is 0.913. The van der Waals surface area contributed by atoms with Crippen LogP contribution in [0.25, 0.3) is 0 Å². The number of methoxy groups -OCH3 is 1. The van der Waals surface area contributed by atoms with Crippen molar-refractivity contribution in [2.75, 3.05) is 38.6 Å². The molecule has 0 radical (unpaired) electrons. The van der Waals surface area contributed by atoms with Gasteiger partial charge in [-0.25, -0.2) is 4.79 Å². The Hall–Kier alpha value is -1.80. The van der Waals surface area contributed by atoms with E-state index in [0.717, 1.165) is 12.5 Å². The van der Waals surface area contributed by atoms with Gasteiger partial charge in [-0.1, -0.05) is 18.2 Å². The number of halogens is 3. The van der Waals surface area contributed by atoms with Crippen molar-refractivity contribution in [3.8, 4) is 0 Å². The highest BCUT2D eigenvalue weighted by Crippen LogP contribution is 2.25. The summed E-state index contributed by atoms with van der Waals surface area (Å²) in [5, 5.41) is 2.81. The Labute approximate surface area is 139 Å². The Morgan fingerprint density at radius 3 is 2.46 bits per heavy atom. The monoisotopic (exact) mass is 345 g/mol. The standard InChI is InChI=1S/C16H22F3N3O2/c1-12(16(17,18)19)21-7-9-22(10-8-21)15(23)20-14-6-4-3-5-13(14)11-24-2/h3-6,12H,7-11H2,1-2H3,(H,20,23)/t12-/m1/s1. The molecular formula is C16H22F3N3O2.